The van der Waals surface area contributed by atoms with Crippen molar-refractivity contribution >= 4 is 27.9 Å². The summed E-state index contributed by atoms with van der Waals surface area (Å²) in [6.45, 7) is 3.91. The van der Waals surface area contributed by atoms with Crippen LogP contribution in [-0.2, 0) is 19.1 Å². The monoisotopic (exact) mass is 262 g/mol. The summed E-state index contributed by atoms with van der Waals surface area (Å²) in [5.74, 6) is -1.04. The topological polar surface area (TPSA) is 52.6 Å². The zero-order chi connectivity index (χ0) is 10.8. The van der Waals surface area contributed by atoms with Crippen LogP contribution < -0.4 is 0 Å². The van der Waals surface area contributed by atoms with Crippen LogP contribution >= 0.6 is 15.9 Å². The van der Waals surface area contributed by atoms with Gasteiger partial charge in [-0.2, -0.15) is 0 Å². The quantitative estimate of drug-likeness (QED) is 0.558. The number of hydrogen-bond acceptors (Lipinski definition) is 4. The molecule has 0 amide bonds. The van der Waals surface area contributed by atoms with Crippen LogP contribution in [0.4, 0.5) is 0 Å². The molecule has 0 unspecified atom stereocenters. The van der Waals surface area contributed by atoms with E-state index in [9.17, 15) is 9.59 Å². The van der Waals surface area contributed by atoms with Crippen molar-refractivity contribution in [3.05, 3.63) is 11.1 Å². The van der Waals surface area contributed by atoms with Gasteiger partial charge in [-0.1, -0.05) is 29.8 Å². The smallest absolute Gasteiger partial charge is 0.348 e. The van der Waals surface area contributed by atoms with Crippen LogP contribution in [0.2, 0.25) is 0 Å². The Morgan fingerprint density at radius 2 is 2.36 bits per heavy atom. The lowest BCUT2D eigenvalue weighted by atomic mass is 9.90. The van der Waals surface area contributed by atoms with Crippen molar-refractivity contribution in [3.63, 3.8) is 0 Å². The fourth-order valence-corrected chi connectivity index (χ4v) is 1.36. The van der Waals surface area contributed by atoms with Gasteiger partial charge < -0.3 is 9.47 Å². The van der Waals surface area contributed by atoms with Gasteiger partial charge in [0.15, 0.2) is 0 Å². The van der Waals surface area contributed by atoms with Crippen molar-refractivity contribution in [1.29, 1.82) is 0 Å². The van der Waals surface area contributed by atoms with Crippen LogP contribution in [0, 0.1) is 5.41 Å². The van der Waals surface area contributed by atoms with Gasteiger partial charge >= 0.3 is 11.9 Å². The van der Waals surface area contributed by atoms with E-state index in [0.29, 0.717) is 0 Å². The summed E-state index contributed by atoms with van der Waals surface area (Å²) in [6, 6.07) is 0. The second-order valence-corrected chi connectivity index (χ2v) is 4.23. The van der Waals surface area contributed by atoms with Crippen molar-refractivity contribution in [1.82, 2.24) is 0 Å². The second kappa shape index (κ2) is 4.13. The maximum absolute atomic E-state index is 11.2. The van der Waals surface area contributed by atoms with Crippen molar-refractivity contribution < 1.29 is 19.1 Å². The molecule has 1 fully saturated rings. The van der Waals surface area contributed by atoms with Crippen molar-refractivity contribution in [2.75, 3.05) is 6.61 Å². The Morgan fingerprint density at radius 1 is 1.71 bits per heavy atom. The minimum Gasteiger partial charge on any atom is -0.462 e. The number of halogens is 1. The van der Waals surface area contributed by atoms with E-state index < -0.39 is 23.5 Å². The zero-order valence-electron chi connectivity index (χ0n) is 7.95. The molecule has 0 saturated carbocycles. The average molecular weight is 263 g/mol. The van der Waals surface area contributed by atoms with E-state index in [-0.39, 0.29) is 6.61 Å². The van der Waals surface area contributed by atoms with E-state index in [1.807, 2.05) is 13.8 Å². The normalized spacial score (nSPS) is 25.1. The third-order valence-corrected chi connectivity index (χ3v) is 2.21. The van der Waals surface area contributed by atoms with Gasteiger partial charge in [0.1, 0.15) is 6.61 Å². The van der Waals surface area contributed by atoms with Crippen LogP contribution in [0.3, 0.4) is 0 Å². The zero-order valence-corrected chi connectivity index (χ0v) is 9.54. The number of cyclic esters (lactones) is 1. The summed E-state index contributed by atoms with van der Waals surface area (Å²) in [6.07, 6.45) is 0.389. The first-order valence-corrected chi connectivity index (χ1v) is 5.03. The summed E-state index contributed by atoms with van der Waals surface area (Å²) in [5, 5.41) is 0. The fourth-order valence-electron chi connectivity index (χ4n) is 1.14. The molecule has 0 aromatic carbocycles. The van der Waals surface area contributed by atoms with Gasteiger partial charge in [0, 0.05) is 11.5 Å². The summed E-state index contributed by atoms with van der Waals surface area (Å²) in [5.41, 5.74) is -0.451. The molecule has 1 saturated heterocycles. The van der Waals surface area contributed by atoms with Gasteiger partial charge in [-0.25, -0.2) is 9.59 Å². The van der Waals surface area contributed by atoms with E-state index in [2.05, 4.69) is 15.9 Å². The molecule has 0 aromatic heterocycles. The third kappa shape index (κ3) is 2.35. The van der Waals surface area contributed by atoms with Crippen LogP contribution in [0.5, 0.6) is 0 Å². The fraction of sp³-hybridized carbons (Fsp3) is 0.556. The standard InChI is InChI=1S/C9H11BrO4/c1-9(2)5-13-8(12)7(9)14-6(11)3-4-10/h3-4,7H,5H2,1-2H3/b4-3+/t7-/m0/s1. The molecule has 0 radical (unpaired) electrons. The van der Waals surface area contributed by atoms with E-state index in [0.717, 1.165) is 0 Å². The lowest BCUT2D eigenvalue weighted by Crippen LogP contribution is -2.34. The Bertz CT molecular complexity index is 283. The summed E-state index contributed by atoms with van der Waals surface area (Å²) < 4.78 is 9.76. The molecule has 0 N–H and O–H groups in total. The molecule has 1 atom stereocenters. The van der Waals surface area contributed by atoms with Gasteiger partial charge in [0.2, 0.25) is 6.10 Å². The summed E-state index contributed by atoms with van der Waals surface area (Å²) in [7, 11) is 0. The number of carbonyl (C=O) groups is 2. The molecule has 0 bridgehead atoms. The highest BCUT2D eigenvalue weighted by Gasteiger charge is 2.46. The lowest BCUT2D eigenvalue weighted by Gasteiger charge is -2.20. The first-order chi connectivity index (χ1) is 6.47. The molecule has 1 rings (SSSR count). The Morgan fingerprint density at radius 3 is 2.79 bits per heavy atom. The predicted octanol–water partition coefficient (Wildman–Crippen LogP) is 1.39. The number of hydrogen-bond donors (Lipinski definition) is 0. The minimum absolute atomic E-state index is 0.280. The molecule has 0 aromatic rings. The minimum atomic E-state index is -0.807. The van der Waals surface area contributed by atoms with Crippen molar-refractivity contribution in [3.8, 4) is 0 Å². The van der Waals surface area contributed by atoms with Gasteiger partial charge in [-0.15, -0.1) is 0 Å². The van der Waals surface area contributed by atoms with Gasteiger partial charge in [0.25, 0.3) is 0 Å². The largest absolute Gasteiger partial charge is 0.462 e. The Balaban J connectivity index is 2.67. The van der Waals surface area contributed by atoms with Crippen LogP contribution in [0.1, 0.15) is 13.8 Å². The molecule has 1 aliphatic rings. The average Bonchev–Trinajstić information content (AvgIpc) is 2.32. The highest BCUT2D eigenvalue weighted by Crippen LogP contribution is 2.30. The molecule has 1 heterocycles. The molecule has 1 aliphatic heterocycles. The molecule has 0 spiro atoms. The first-order valence-electron chi connectivity index (χ1n) is 4.11. The van der Waals surface area contributed by atoms with Gasteiger partial charge in [-0.05, 0) is 4.99 Å². The Kier molecular flexibility index (Phi) is 3.31. The number of rotatable bonds is 2. The summed E-state index contributed by atoms with van der Waals surface area (Å²) in [4.78, 5) is 23.7. The molecule has 78 valence electrons. The molecule has 5 heteroatoms. The second-order valence-electron chi connectivity index (χ2n) is 3.71. The van der Waals surface area contributed by atoms with E-state index in [1.54, 1.807) is 0 Å². The van der Waals surface area contributed by atoms with Gasteiger partial charge in [-0.3, -0.25) is 0 Å². The summed E-state index contributed by atoms with van der Waals surface area (Å²) >= 11 is 2.95. The van der Waals surface area contributed by atoms with E-state index in [4.69, 9.17) is 9.47 Å². The van der Waals surface area contributed by atoms with Crippen molar-refractivity contribution in [2.45, 2.75) is 20.0 Å². The number of esters is 2. The van der Waals surface area contributed by atoms with Crippen molar-refractivity contribution in [2.24, 2.45) is 5.41 Å². The maximum Gasteiger partial charge on any atom is 0.348 e. The molecule has 4 nitrogen and oxygen atoms in total. The highest BCUT2D eigenvalue weighted by molar-refractivity contribution is 9.11. The Hall–Kier alpha value is -0.840. The number of carbonyl (C=O) groups excluding carboxylic acids is 2. The van der Waals surface area contributed by atoms with E-state index in [1.165, 1.54) is 11.1 Å². The van der Waals surface area contributed by atoms with Crippen LogP contribution in [-0.4, -0.2) is 24.6 Å². The maximum atomic E-state index is 11.2. The highest BCUT2D eigenvalue weighted by atomic mass is 79.9. The van der Waals surface area contributed by atoms with Crippen LogP contribution in [0.25, 0.3) is 0 Å². The molecule has 0 aliphatic carbocycles. The Labute approximate surface area is 90.4 Å². The third-order valence-electron chi connectivity index (χ3n) is 1.94. The SMILES string of the molecule is CC1(C)COC(=O)[C@@H]1OC(=O)/C=C/Br. The molecule has 14 heavy (non-hydrogen) atoms. The number of ether oxygens (including phenoxy) is 2. The first kappa shape index (κ1) is 11.2. The predicted molar refractivity (Wildman–Crippen MR) is 52.7 cm³/mol. The lowest BCUT2D eigenvalue weighted by molar-refractivity contribution is -0.159. The molecular weight excluding hydrogens is 252 g/mol. The molecular formula is C9H11BrO4. The van der Waals surface area contributed by atoms with Crippen LogP contribution in [0.15, 0.2) is 11.1 Å². The van der Waals surface area contributed by atoms with Gasteiger partial charge in [0.05, 0.1) is 0 Å². The van der Waals surface area contributed by atoms with E-state index >= 15 is 0 Å².